The van der Waals surface area contributed by atoms with Gasteiger partial charge in [0.2, 0.25) is 0 Å². The van der Waals surface area contributed by atoms with Crippen molar-refractivity contribution in [1.29, 1.82) is 0 Å². The molecule has 1 unspecified atom stereocenters. The molecule has 1 aromatic carbocycles. The van der Waals surface area contributed by atoms with Gasteiger partial charge in [0.05, 0.1) is 7.11 Å². The standard InChI is InChI=1S/C17H24O4/c1-10(2)15(20-11(3)18)12-7-13-9-17(4,5)21-16(13)14(8-12)19-6/h7-8,10,15H,9H2,1-6H3. The molecule has 2 rings (SSSR count). The Kier molecular flexibility index (Phi) is 4.17. The number of fused-ring (bicyclic) bond motifs is 1. The lowest BCUT2D eigenvalue weighted by Crippen LogP contribution is -2.24. The number of benzene rings is 1. The minimum atomic E-state index is -0.273. The third-order valence-electron chi connectivity index (χ3n) is 3.60. The average molecular weight is 292 g/mol. The SMILES string of the molecule is COc1cc(C(OC(C)=O)C(C)C)cc2c1OC(C)(C)C2. The van der Waals surface area contributed by atoms with Gasteiger partial charge >= 0.3 is 5.97 Å². The van der Waals surface area contributed by atoms with Crippen molar-refractivity contribution in [2.75, 3.05) is 7.11 Å². The highest BCUT2D eigenvalue weighted by Crippen LogP contribution is 2.44. The third-order valence-corrected chi connectivity index (χ3v) is 3.60. The van der Waals surface area contributed by atoms with Crippen LogP contribution >= 0.6 is 0 Å². The number of rotatable bonds is 4. The summed E-state index contributed by atoms with van der Waals surface area (Å²) in [6, 6.07) is 3.98. The van der Waals surface area contributed by atoms with E-state index in [2.05, 4.69) is 19.9 Å². The van der Waals surface area contributed by atoms with E-state index in [1.165, 1.54) is 6.92 Å². The highest BCUT2D eigenvalue weighted by Gasteiger charge is 2.34. The molecule has 0 radical (unpaired) electrons. The molecule has 1 aliphatic rings. The molecule has 4 heteroatoms. The fourth-order valence-corrected chi connectivity index (χ4v) is 2.79. The summed E-state index contributed by atoms with van der Waals surface area (Å²) in [6.45, 7) is 9.61. The van der Waals surface area contributed by atoms with Gasteiger partial charge in [-0.15, -0.1) is 0 Å². The summed E-state index contributed by atoms with van der Waals surface area (Å²) < 4.78 is 16.9. The van der Waals surface area contributed by atoms with Crippen LogP contribution in [0.4, 0.5) is 0 Å². The van der Waals surface area contributed by atoms with E-state index in [9.17, 15) is 4.79 Å². The summed E-state index contributed by atoms with van der Waals surface area (Å²) in [6.07, 6.45) is 0.544. The van der Waals surface area contributed by atoms with Crippen LogP contribution in [0, 0.1) is 5.92 Å². The number of hydrogen-bond donors (Lipinski definition) is 0. The van der Waals surface area contributed by atoms with Crippen LogP contribution in [0.2, 0.25) is 0 Å². The van der Waals surface area contributed by atoms with Crippen molar-refractivity contribution in [3.8, 4) is 11.5 Å². The lowest BCUT2D eigenvalue weighted by Gasteiger charge is -2.22. The minimum Gasteiger partial charge on any atom is -0.493 e. The van der Waals surface area contributed by atoms with Gasteiger partial charge in [0.1, 0.15) is 11.7 Å². The van der Waals surface area contributed by atoms with Crippen molar-refractivity contribution in [2.24, 2.45) is 5.92 Å². The zero-order valence-electron chi connectivity index (χ0n) is 13.6. The molecule has 1 aliphatic heterocycles. The Morgan fingerprint density at radius 2 is 2.00 bits per heavy atom. The lowest BCUT2D eigenvalue weighted by molar-refractivity contribution is -0.149. The van der Waals surface area contributed by atoms with Crippen LogP contribution in [0.15, 0.2) is 12.1 Å². The first-order valence-corrected chi connectivity index (χ1v) is 7.30. The molecule has 1 heterocycles. The molecular formula is C17H24O4. The summed E-state index contributed by atoms with van der Waals surface area (Å²) in [5.41, 5.74) is 1.83. The normalized spacial score (nSPS) is 17.1. The minimum absolute atomic E-state index is 0.187. The van der Waals surface area contributed by atoms with Gasteiger partial charge in [-0.1, -0.05) is 13.8 Å². The lowest BCUT2D eigenvalue weighted by atomic mass is 9.94. The fraction of sp³-hybridized carbons (Fsp3) is 0.588. The first kappa shape index (κ1) is 15.7. The predicted molar refractivity (Wildman–Crippen MR) is 80.8 cm³/mol. The summed E-state index contributed by atoms with van der Waals surface area (Å²) in [5, 5.41) is 0. The van der Waals surface area contributed by atoms with E-state index in [1.807, 2.05) is 19.9 Å². The smallest absolute Gasteiger partial charge is 0.303 e. The molecule has 116 valence electrons. The molecule has 0 aromatic heterocycles. The number of carbonyl (C=O) groups excluding carboxylic acids is 1. The molecule has 1 atom stereocenters. The molecule has 21 heavy (non-hydrogen) atoms. The van der Waals surface area contributed by atoms with E-state index in [1.54, 1.807) is 7.11 Å². The van der Waals surface area contributed by atoms with Crippen molar-refractivity contribution in [1.82, 2.24) is 0 Å². The second-order valence-electron chi connectivity index (χ2n) is 6.52. The summed E-state index contributed by atoms with van der Waals surface area (Å²) in [4.78, 5) is 11.3. The maximum Gasteiger partial charge on any atom is 0.303 e. The summed E-state index contributed by atoms with van der Waals surface area (Å²) in [7, 11) is 1.63. The number of carbonyl (C=O) groups is 1. The number of esters is 1. The molecule has 1 aromatic rings. The van der Waals surface area contributed by atoms with Crippen molar-refractivity contribution in [3.05, 3.63) is 23.3 Å². The van der Waals surface area contributed by atoms with Crippen LogP contribution in [0.5, 0.6) is 11.5 Å². The molecule has 0 aliphatic carbocycles. The van der Waals surface area contributed by atoms with E-state index < -0.39 is 0 Å². The Balaban J connectivity index is 2.44. The van der Waals surface area contributed by atoms with Gasteiger partial charge in [0.15, 0.2) is 11.5 Å². The van der Waals surface area contributed by atoms with Gasteiger partial charge in [0.25, 0.3) is 0 Å². The third kappa shape index (κ3) is 3.31. The van der Waals surface area contributed by atoms with Crippen LogP contribution in [-0.2, 0) is 16.0 Å². The molecule has 0 saturated heterocycles. The Hall–Kier alpha value is -1.71. The molecule has 4 nitrogen and oxygen atoms in total. The quantitative estimate of drug-likeness (QED) is 0.794. The maximum absolute atomic E-state index is 11.3. The van der Waals surface area contributed by atoms with Crippen LogP contribution < -0.4 is 9.47 Å². The second-order valence-corrected chi connectivity index (χ2v) is 6.52. The Labute approximate surface area is 126 Å². The van der Waals surface area contributed by atoms with Crippen LogP contribution in [0.1, 0.15) is 51.8 Å². The van der Waals surface area contributed by atoms with Gasteiger partial charge in [-0.05, 0) is 37.5 Å². The first-order valence-electron chi connectivity index (χ1n) is 7.30. The van der Waals surface area contributed by atoms with Gasteiger partial charge in [-0.2, -0.15) is 0 Å². The van der Waals surface area contributed by atoms with Crippen LogP contribution in [0.3, 0.4) is 0 Å². The summed E-state index contributed by atoms with van der Waals surface area (Å²) >= 11 is 0. The van der Waals surface area contributed by atoms with Gasteiger partial charge < -0.3 is 14.2 Å². The van der Waals surface area contributed by atoms with Crippen molar-refractivity contribution in [2.45, 2.75) is 52.7 Å². The average Bonchev–Trinajstić information content (AvgIpc) is 2.67. The zero-order chi connectivity index (χ0) is 15.8. The fourth-order valence-electron chi connectivity index (χ4n) is 2.79. The van der Waals surface area contributed by atoms with E-state index in [4.69, 9.17) is 14.2 Å². The molecule has 0 saturated carbocycles. The number of hydrogen-bond acceptors (Lipinski definition) is 4. The molecule has 0 spiro atoms. The zero-order valence-corrected chi connectivity index (χ0v) is 13.6. The van der Waals surface area contributed by atoms with E-state index >= 15 is 0 Å². The monoisotopic (exact) mass is 292 g/mol. The molecular weight excluding hydrogens is 268 g/mol. The van der Waals surface area contributed by atoms with E-state index in [0.717, 1.165) is 23.3 Å². The van der Waals surface area contributed by atoms with Crippen molar-refractivity contribution in [3.63, 3.8) is 0 Å². The first-order chi connectivity index (χ1) is 9.73. The highest BCUT2D eigenvalue weighted by molar-refractivity contribution is 5.66. The molecule has 0 fully saturated rings. The van der Waals surface area contributed by atoms with Gasteiger partial charge in [0, 0.05) is 18.9 Å². The Morgan fingerprint density at radius 3 is 2.52 bits per heavy atom. The topological polar surface area (TPSA) is 44.8 Å². The molecule has 0 N–H and O–H groups in total. The van der Waals surface area contributed by atoms with Crippen molar-refractivity contribution >= 4 is 5.97 Å². The van der Waals surface area contributed by atoms with Gasteiger partial charge in [-0.3, -0.25) is 4.79 Å². The van der Waals surface area contributed by atoms with Crippen LogP contribution in [0.25, 0.3) is 0 Å². The molecule has 0 amide bonds. The number of methoxy groups -OCH3 is 1. The highest BCUT2D eigenvalue weighted by atomic mass is 16.5. The van der Waals surface area contributed by atoms with Crippen LogP contribution in [-0.4, -0.2) is 18.7 Å². The maximum atomic E-state index is 11.3. The van der Waals surface area contributed by atoms with Gasteiger partial charge in [-0.25, -0.2) is 0 Å². The number of ether oxygens (including phenoxy) is 3. The van der Waals surface area contributed by atoms with Crippen molar-refractivity contribution < 1.29 is 19.0 Å². The predicted octanol–water partition coefficient (Wildman–Crippen LogP) is 3.67. The summed E-state index contributed by atoms with van der Waals surface area (Å²) in [5.74, 6) is 1.42. The second kappa shape index (κ2) is 5.58. The largest absolute Gasteiger partial charge is 0.493 e. The van der Waals surface area contributed by atoms with E-state index in [0.29, 0.717) is 5.75 Å². The van der Waals surface area contributed by atoms with E-state index in [-0.39, 0.29) is 23.6 Å². The Bertz CT molecular complexity index is 546. The molecule has 0 bridgehead atoms. The Morgan fingerprint density at radius 1 is 1.33 bits per heavy atom.